The molecule has 2 atom stereocenters. The van der Waals surface area contributed by atoms with E-state index in [1.54, 1.807) is 18.4 Å². The van der Waals surface area contributed by atoms with E-state index in [1.165, 1.54) is 0 Å². The highest BCUT2D eigenvalue weighted by atomic mass is 16.4. The van der Waals surface area contributed by atoms with E-state index in [2.05, 4.69) is 0 Å². The van der Waals surface area contributed by atoms with Crippen LogP contribution in [0.2, 0.25) is 0 Å². The summed E-state index contributed by atoms with van der Waals surface area (Å²) in [6.07, 6.45) is 1.51. The highest BCUT2D eigenvalue weighted by Crippen LogP contribution is 2.17. The predicted molar refractivity (Wildman–Crippen MR) is 41.9 cm³/mol. The molecule has 3 nitrogen and oxygen atoms in total. The molecule has 0 aliphatic rings. The van der Waals surface area contributed by atoms with Gasteiger partial charge in [-0.1, -0.05) is 0 Å². The van der Waals surface area contributed by atoms with Gasteiger partial charge in [0.1, 0.15) is 11.9 Å². The molecule has 0 unspecified atom stereocenters. The molecule has 0 radical (unpaired) electrons. The van der Waals surface area contributed by atoms with Crippen LogP contribution in [0.3, 0.4) is 0 Å². The van der Waals surface area contributed by atoms with E-state index in [0.29, 0.717) is 12.2 Å². The summed E-state index contributed by atoms with van der Waals surface area (Å²) in [5.41, 5.74) is 5.50. The molecular weight excluding hydrogens is 142 g/mol. The van der Waals surface area contributed by atoms with Crippen LogP contribution in [0.4, 0.5) is 0 Å². The number of aliphatic hydroxyl groups excluding tert-OH is 1. The Labute approximate surface area is 65.8 Å². The van der Waals surface area contributed by atoms with Crippen molar-refractivity contribution >= 4 is 0 Å². The van der Waals surface area contributed by atoms with Gasteiger partial charge in [-0.15, -0.1) is 0 Å². The standard InChI is InChI=1S/C8H13NO2/c1-6(9)5-7(10)8-3-2-4-11-8/h2-4,6-7,10H,5,9H2,1H3/t6-,7-/m1/s1. The summed E-state index contributed by atoms with van der Waals surface area (Å²) in [6, 6.07) is 3.49. The van der Waals surface area contributed by atoms with Crippen LogP contribution in [0, 0.1) is 0 Å². The van der Waals surface area contributed by atoms with Crippen LogP contribution < -0.4 is 5.73 Å². The molecule has 0 aromatic carbocycles. The van der Waals surface area contributed by atoms with Crippen LogP contribution in [0.25, 0.3) is 0 Å². The molecule has 3 N–H and O–H groups in total. The predicted octanol–water partition coefficient (Wildman–Crippen LogP) is 1.05. The quantitative estimate of drug-likeness (QED) is 0.685. The normalized spacial score (nSPS) is 16.3. The summed E-state index contributed by atoms with van der Waals surface area (Å²) < 4.78 is 4.99. The number of furan rings is 1. The maximum Gasteiger partial charge on any atom is 0.132 e. The summed E-state index contributed by atoms with van der Waals surface area (Å²) in [5, 5.41) is 9.41. The molecule has 1 heterocycles. The highest BCUT2D eigenvalue weighted by Gasteiger charge is 2.11. The largest absolute Gasteiger partial charge is 0.467 e. The SMILES string of the molecule is C[C@@H](N)C[C@@H](O)c1ccco1. The molecule has 0 fully saturated rings. The molecule has 11 heavy (non-hydrogen) atoms. The van der Waals surface area contributed by atoms with Crippen molar-refractivity contribution in [1.82, 2.24) is 0 Å². The topological polar surface area (TPSA) is 59.4 Å². The first-order valence-electron chi connectivity index (χ1n) is 3.67. The Kier molecular flexibility index (Phi) is 2.68. The smallest absolute Gasteiger partial charge is 0.132 e. The Morgan fingerprint density at radius 2 is 2.45 bits per heavy atom. The van der Waals surface area contributed by atoms with E-state index in [9.17, 15) is 5.11 Å². The van der Waals surface area contributed by atoms with Gasteiger partial charge in [-0.25, -0.2) is 0 Å². The Balaban J connectivity index is 2.49. The molecule has 62 valence electrons. The molecule has 0 saturated carbocycles. The Morgan fingerprint density at radius 1 is 1.73 bits per heavy atom. The van der Waals surface area contributed by atoms with Crippen LogP contribution in [0.1, 0.15) is 25.2 Å². The fourth-order valence-electron chi connectivity index (χ4n) is 0.949. The van der Waals surface area contributed by atoms with E-state index >= 15 is 0 Å². The number of rotatable bonds is 3. The molecule has 0 aliphatic heterocycles. The van der Waals surface area contributed by atoms with E-state index in [1.807, 2.05) is 6.92 Å². The number of aliphatic hydroxyl groups is 1. The lowest BCUT2D eigenvalue weighted by Gasteiger charge is -2.09. The molecule has 3 heteroatoms. The second-order valence-electron chi connectivity index (χ2n) is 2.74. The minimum absolute atomic E-state index is 0.00454. The van der Waals surface area contributed by atoms with Crippen molar-refractivity contribution in [3.05, 3.63) is 24.2 Å². The minimum atomic E-state index is -0.565. The Bertz CT molecular complexity index is 194. The zero-order valence-corrected chi connectivity index (χ0v) is 6.53. The zero-order chi connectivity index (χ0) is 8.27. The van der Waals surface area contributed by atoms with Gasteiger partial charge in [0.2, 0.25) is 0 Å². The van der Waals surface area contributed by atoms with Gasteiger partial charge < -0.3 is 15.3 Å². The molecule has 0 amide bonds. The first kappa shape index (κ1) is 8.30. The average molecular weight is 155 g/mol. The van der Waals surface area contributed by atoms with Gasteiger partial charge in [0.25, 0.3) is 0 Å². The van der Waals surface area contributed by atoms with Crippen molar-refractivity contribution in [2.75, 3.05) is 0 Å². The van der Waals surface area contributed by atoms with Crippen LogP contribution in [-0.2, 0) is 0 Å². The molecular formula is C8H13NO2. The van der Waals surface area contributed by atoms with E-state index in [4.69, 9.17) is 10.2 Å². The van der Waals surface area contributed by atoms with Crippen molar-refractivity contribution in [3.63, 3.8) is 0 Å². The van der Waals surface area contributed by atoms with Gasteiger partial charge in [-0.3, -0.25) is 0 Å². The molecule has 0 spiro atoms. The first-order chi connectivity index (χ1) is 5.20. The van der Waals surface area contributed by atoms with E-state index < -0.39 is 6.10 Å². The summed E-state index contributed by atoms with van der Waals surface area (Å²) in [5.74, 6) is 0.585. The first-order valence-corrected chi connectivity index (χ1v) is 3.67. The van der Waals surface area contributed by atoms with Crippen molar-refractivity contribution < 1.29 is 9.52 Å². The molecule has 0 bridgehead atoms. The summed E-state index contributed by atoms with van der Waals surface area (Å²) in [4.78, 5) is 0. The van der Waals surface area contributed by atoms with Crippen molar-refractivity contribution in [2.24, 2.45) is 5.73 Å². The lowest BCUT2D eigenvalue weighted by Crippen LogP contribution is -2.18. The number of nitrogens with two attached hydrogens (primary N) is 1. The summed E-state index contributed by atoms with van der Waals surface area (Å²) >= 11 is 0. The monoisotopic (exact) mass is 155 g/mol. The maximum absolute atomic E-state index is 9.41. The Hall–Kier alpha value is -0.800. The fourth-order valence-corrected chi connectivity index (χ4v) is 0.949. The molecule has 0 saturated heterocycles. The van der Waals surface area contributed by atoms with Crippen LogP contribution in [0.5, 0.6) is 0 Å². The van der Waals surface area contributed by atoms with Gasteiger partial charge in [0, 0.05) is 6.04 Å². The van der Waals surface area contributed by atoms with Gasteiger partial charge >= 0.3 is 0 Å². The second-order valence-corrected chi connectivity index (χ2v) is 2.74. The van der Waals surface area contributed by atoms with Crippen molar-refractivity contribution in [3.8, 4) is 0 Å². The number of hydrogen-bond acceptors (Lipinski definition) is 3. The molecule has 0 aliphatic carbocycles. The molecule has 1 rings (SSSR count). The van der Waals surface area contributed by atoms with Crippen LogP contribution in [0.15, 0.2) is 22.8 Å². The molecule has 1 aromatic heterocycles. The third-order valence-electron chi connectivity index (χ3n) is 1.47. The lowest BCUT2D eigenvalue weighted by molar-refractivity contribution is 0.134. The van der Waals surface area contributed by atoms with Gasteiger partial charge in [-0.05, 0) is 25.5 Å². The third kappa shape index (κ3) is 2.37. The average Bonchev–Trinajstić information content (AvgIpc) is 2.35. The summed E-state index contributed by atoms with van der Waals surface area (Å²) in [6.45, 7) is 1.85. The Morgan fingerprint density at radius 3 is 2.91 bits per heavy atom. The molecule has 1 aromatic rings. The highest BCUT2D eigenvalue weighted by molar-refractivity contribution is 5.01. The van der Waals surface area contributed by atoms with Gasteiger partial charge in [-0.2, -0.15) is 0 Å². The van der Waals surface area contributed by atoms with E-state index in [-0.39, 0.29) is 6.04 Å². The van der Waals surface area contributed by atoms with Gasteiger partial charge in [0.15, 0.2) is 0 Å². The zero-order valence-electron chi connectivity index (χ0n) is 6.53. The van der Waals surface area contributed by atoms with E-state index in [0.717, 1.165) is 0 Å². The van der Waals surface area contributed by atoms with Crippen LogP contribution in [-0.4, -0.2) is 11.1 Å². The third-order valence-corrected chi connectivity index (χ3v) is 1.47. The lowest BCUT2D eigenvalue weighted by atomic mass is 10.1. The maximum atomic E-state index is 9.41. The summed E-state index contributed by atoms with van der Waals surface area (Å²) in [7, 11) is 0. The van der Waals surface area contributed by atoms with Crippen molar-refractivity contribution in [2.45, 2.75) is 25.5 Å². The van der Waals surface area contributed by atoms with Crippen LogP contribution >= 0.6 is 0 Å². The van der Waals surface area contributed by atoms with Crippen molar-refractivity contribution in [1.29, 1.82) is 0 Å². The second kappa shape index (κ2) is 3.55. The number of hydrogen-bond donors (Lipinski definition) is 2. The fraction of sp³-hybridized carbons (Fsp3) is 0.500. The van der Waals surface area contributed by atoms with Gasteiger partial charge in [0.05, 0.1) is 6.26 Å². The minimum Gasteiger partial charge on any atom is -0.467 e.